The van der Waals surface area contributed by atoms with E-state index in [-0.39, 0.29) is 10.9 Å². The number of carbonyl (C=O) groups excluding carboxylic acids is 1. The number of ether oxygens (including phenoxy) is 1. The van der Waals surface area contributed by atoms with Crippen LogP contribution in [0.3, 0.4) is 0 Å². The molecule has 0 saturated carbocycles. The number of rotatable bonds is 3. The van der Waals surface area contributed by atoms with Crippen LogP contribution in [-0.4, -0.2) is 34.1 Å². The van der Waals surface area contributed by atoms with Gasteiger partial charge in [0.25, 0.3) is 10.0 Å². The molecule has 1 unspecified atom stereocenters. The molecule has 3 rings (SSSR count). The number of esters is 1. The van der Waals surface area contributed by atoms with Gasteiger partial charge >= 0.3 is 5.97 Å². The normalized spacial score (nSPS) is 17.5. The highest BCUT2D eigenvalue weighted by atomic mass is 32.2. The number of para-hydroxylation sites is 1. The lowest BCUT2D eigenvalue weighted by molar-refractivity contribution is 0.0600. The summed E-state index contributed by atoms with van der Waals surface area (Å²) in [7, 11) is -2.45. The number of carbonyl (C=O) groups is 1. The average Bonchev–Trinajstić information content (AvgIpc) is 2.81. The maximum absolute atomic E-state index is 13.2. The highest BCUT2D eigenvalue weighted by Gasteiger charge is 2.30. The summed E-state index contributed by atoms with van der Waals surface area (Å²) in [5, 5.41) is 3.32. The van der Waals surface area contributed by atoms with Crippen molar-refractivity contribution in [2.75, 3.05) is 18.0 Å². The quantitative estimate of drug-likeness (QED) is 0.849. The Hall–Kier alpha value is -2.38. The predicted molar refractivity (Wildman–Crippen MR) is 95.1 cm³/mol. The highest BCUT2D eigenvalue weighted by molar-refractivity contribution is 7.92. The van der Waals surface area contributed by atoms with Crippen molar-refractivity contribution in [3.8, 4) is 0 Å². The van der Waals surface area contributed by atoms with Crippen molar-refractivity contribution in [3.63, 3.8) is 0 Å². The smallest absolute Gasteiger partial charge is 0.337 e. The fourth-order valence-corrected chi connectivity index (χ4v) is 4.43. The lowest BCUT2D eigenvalue weighted by atomic mass is 10.2. The Bertz CT molecular complexity index is 878. The molecule has 132 valence electrons. The van der Waals surface area contributed by atoms with Crippen molar-refractivity contribution in [2.24, 2.45) is 0 Å². The summed E-state index contributed by atoms with van der Waals surface area (Å²) in [6.45, 7) is 2.90. The van der Waals surface area contributed by atoms with Crippen LogP contribution < -0.4 is 9.62 Å². The van der Waals surface area contributed by atoms with Gasteiger partial charge in [-0.25, -0.2) is 13.2 Å². The first-order chi connectivity index (χ1) is 11.9. The molecular formula is C18H20N2O4S. The second-order valence-electron chi connectivity index (χ2n) is 5.96. The Morgan fingerprint density at radius 2 is 1.84 bits per heavy atom. The van der Waals surface area contributed by atoms with Gasteiger partial charge in [0.1, 0.15) is 0 Å². The molecule has 0 aliphatic carbocycles. The lowest BCUT2D eigenvalue weighted by Gasteiger charge is -2.26. The van der Waals surface area contributed by atoms with Gasteiger partial charge in [0, 0.05) is 19.1 Å². The van der Waals surface area contributed by atoms with E-state index in [9.17, 15) is 13.2 Å². The number of nitrogens with one attached hydrogen (secondary N) is 1. The van der Waals surface area contributed by atoms with Crippen LogP contribution in [0.1, 0.15) is 22.8 Å². The van der Waals surface area contributed by atoms with E-state index >= 15 is 0 Å². The monoisotopic (exact) mass is 360 g/mol. The molecule has 7 heteroatoms. The Morgan fingerprint density at radius 1 is 1.16 bits per heavy atom. The Labute approximate surface area is 147 Å². The van der Waals surface area contributed by atoms with Gasteiger partial charge in [-0.3, -0.25) is 4.31 Å². The van der Waals surface area contributed by atoms with E-state index < -0.39 is 16.0 Å². The minimum Gasteiger partial charge on any atom is -0.465 e. The molecule has 0 saturated heterocycles. The van der Waals surface area contributed by atoms with Crippen molar-refractivity contribution in [1.29, 1.82) is 0 Å². The van der Waals surface area contributed by atoms with E-state index in [4.69, 9.17) is 0 Å². The topological polar surface area (TPSA) is 75.7 Å². The van der Waals surface area contributed by atoms with Crippen LogP contribution >= 0.6 is 0 Å². The molecule has 0 radical (unpaired) electrons. The van der Waals surface area contributed by atoms with Crippen LogP contribution in [0.25, 0.3) is 0 Å². The third kappa shape index (κ3) is 3.38. The van der Waals surface area contributed by atoms with Gasteiger partial charge in [-0.05, 0) is 42.8 Å². The fourth-order valence-electron chi connectivity index (χ4n) is 2.84. The second kappa shape index (κ2) is 6.85. The average molecular weight is 360 g/mol. The summed E-state index contributed by atoms with van der Waals surface area (Å²) in [4.78, 5) is 11.7. The first kappa shape index (κ1) is 17.4. The molecule has 1 aliphatic rings. The van der Waals surface area contributed by atoms with Gasteiger partial charge in [-0.2, -0.15) is 0 Å². The van der Waals surface area contributed by atoms with Crippen molar-refractivity contribution >= 4 is 21.7 Å². The minimum absolute atomic E-state index is 0.0107. The highest BCUT2D eigenvalue weighted by Crippen LogP contribution is 2.29. The molecule has 1 N–H and O–H groups in total. The summed E-state index contributed by atoms with van der Waals surface area (Å²) in [5.74, 6) is -0.498. The first-order valence-electron chi connectivity index (χ1n) is 7.96. The zero-order chi connectivity index (χ0) is 18.0. The second-order valence-corrected chi connectivity index (χ2v) is 7.83. The molecule has 25 heavy (non-hydrogen) atoms. The molecule has 0 spiro atoms. The number of nitrogens with zero attached hydrogens (tertiary/aromatic N) is 1. The number of methoxy groups -OCH3 is 1. The molecule has 0 fully saturated rings. The van der Waals surface area contributed by atoms with Crippen LogP contribution in [-0.2, 0) is 21.3 Å². The zero-order valence-electron chi connectivity index (χ0n) is 14.1. The number of sulfonamides is 1. The molecule has 1 atom stereocenters. The van der Waals surface area contributed by atoms with Crippen molar-refractivity contribution in [3.05, 3.63) is 59.7 Å². The molecule has 0 bridgehead atoms. The molecule has 0 aromatic heterocycles. The summed E-state index contributed by atoms with van der Waals surface area (Å²) in [5.41, 5.74) is 1.92. The summed E-state index contributed by atoms with van der Waals surface area (Å²) in [6, 6.07) is 13.3. The molecule has 1 aliphatic heterocycles. The SMILES string of the molecule is COC(=O)c1ccc(S(=O)(=O)N2CC(C)NCc3ccccc32)cc1. The predicted octanol–water partition coefficient (Wildman–Crippen LogP) is 2.16. The lowest BCUT2D eigenvalue weighted by Crippen LogP contribution is -2.39. The van der Waals surface area contributed by atoms with Crippen LogP contribution in [0.2, 0.25) is 0 Å². The fraction of sp³-hybridized carbons (Fsp3) is 0.278. The molecule has 1 heterocycles. The van der Waals surface area contributed by atoms with E-state index in [1.54, 1.807) is 0 Å². The summed E-state index contributed by atoms with van der Waals surface area (Å²) < 4.78 is 32.4. The van der Waals surface area contributed by atoms with Crippen molar-refractivity contribution in [1.82, 2.24) is 5.32 Å². The van der Waals surface area contributed by atoms with E-state index in [2.05, 4.69) is 10.1 Å². The zero-order valence-corrected chi connectivity index (χ0v) is 14.9. The Balaban J connectivity index is 2.02. The van der Waals surface area contributed by atoms with E-state index in [1.807, 2.05) is 31.2 Å². The van der Waals surface area contributed by atoms with Gasteiger partial charge in [0.05, 0.1) is 23.3 Å². The molecular weight excluding hydrogens is 340 g/mol. The van der Waals surface area contributed by atoms with E-state index in [0.717, 1.165) is 5.56 Å². The largest absolute Gasteiger partial charge is 0.465 e. The van der Waals surface area contributed by atoms with Crippen LogP contribution in [0.4, 0.5) is 5.69 Å². The number of anilines is 1. The Morgan fingerprint density at radius 3 is 2.52 bits per heavy atom. The Kier molecular flexibility index (Phi) is 4.78. The molecule has 6 nitrogen and oxygen atoms in total. The standard InChI is InChI=1S/C18H20N2O4S/c1-13-12-20(17-6-4-3-5-15(17)11-19-13)25(22,23)16-9-7-14(8-10-16)18(21)24-2/h3-10,13,19H,11-12H2,1-2H3. The molecule has 0 amide bonds. The number of fused-ring (bicyclic) bond motifs is 1. The third-order valence-electron chi connectivity index (χ3n) is 4.20. The maximum atomic E-state index is 13.2. The number of benzene rings is 2. The van der Waals surface area contributed by atoms with Gasteiger partial charge in [-0.1, -0.05) is 18.2 Å². The number of hydrogen-bond donors (Lipinski definition) is 1. The van der Waals surface area contributed by atoms with Crippen molar-refractivity contribution in [2.45, 2.75) is 24.4 Å². The van der Waals surface area contributed by atoms with Crippen LogP contribution in [0.15, 0.2) is 53.4 Å². The van der Waals surface area contributed by atoms with Gasteiger partial charge < -0.3 is 10.1 Å². The maximum Gasteiger partial charge on any atom is 0.337 e. The van der Waals surface area contributed by atoms with E-state index in [1.165, 1.54) is 35.7 Å². The first-order valence-corrected chi connectivity index (χ1v) is 9.40. The van der Waals surface area contributed by atoms with Gasteiger partial charge in [0.15, 0.2) is 0 Å². The molecule has 2 aromatic carbocycles. The third-order valence-corrected chi connectivity index (χ3v) is 6.00. The van der Waals surface area contributed by atoms with Crippen LogP contribution in [0.5, 0.6) is 0 Å². The summed E-state index contributed by atoms with van der Waals surface area (Å²) >= 11 is 0. The van der Waals surface area contributed by atoms with Crippen LogP contribution in [0, 0.1) is 0 Å². The van der Waals surface area contributed by atoms with Crippen molar-refractivity contribution < 1.29 is 17.9 Å². The molecule has 2 aromatic rings. The minimum atomic E-state index is -3.74. The van der Waals surface area contributed by atoms with Gasteiger partial charge in [-0.15, -0.1) is 0 Å². The van der Waals surface area contributed by atoms with Gasteiger partial charge in [0.2, 0.25) is 0 Å². The number of hydrogen-bond acceptors (Lipinski definition) is 5. The van der Waals surface area contributed by atoms with E-state index in [0.29, 0.717) is 24.3 Å². The summed E-state index contributed by atoms with van der Waals surface area (Å²) in [6.07, 6.45) is 0.